The molecule has 0 unspecified atom stereocenters. The number of nitro benzene ring substituents is 2. The van der Waals surface area contributed by atoms with Crippen molar-refractivity contribution in [3.63, 3.8) is 0 Å². The predicted octanol–water partition coefficient (Wildman–Crippen LogP) is 4.51. The summed E-state index contributed by atoms with van der Waals surface area (Å²) in [6.07, 6.45) is 1.35. The first-order valence-electron chi connectivity index (χ1n) is 17.1. The summed E-state index contributed by atoms with van der Waals surface area (Å²) in [5, 5.41) is 28.0. The number of rotatable bonds is 12. The Balaban J connectivity index is 1.01. The molecule has 16 nitrogen and oxygen atoms in total. The first-order chi connectivity index (χ1) is 25.6. The summed E-state index contributed by atoms with van der Waals surface area (Å²) in [4.78, 5) is 28.9. The predicted molar refractivity (Wildman–Crippen MR) is 198 cm³/mol. The number of non-ortho nitro benzene ring substituents is 1. The van der Waals surface area contributed by atoms with Gasteiger partial charge >= 0.3 is 0 Å². The molecule has 53 heavy (non-hydrogen) atoms. The molecule has 2 saturated heterocycles. The average molecular weight is 743 g/mol. The third-order valence-electron chi connectivity index (χ3n) is 9.53. The van der Waals surface area contributed by atoms with Gasteiger partial charge in [0.15, 0.2) is 11.5 Å². The number of nitrogens with one attached hydrogen (secondary N) is 1. The number of sulfonamides is 1. The number of fused-ring (bicyclic) bond motifs is 1. The second kappa shape index (κ2) is 15.5. The first kappa shape index (κ1) is 35.8. The summed E-state index contributed by atoms with van der Waals surface area (Å²) in [6.45, 7) is 5.66. The highest BCUT2D eigenvalue weighted by atomic mass is 32.2. The molecule has 4 aromatic carbocycles. The van der Waals surface area contributed by atoms with Gasteiger partial charge in [0.05, 0.1) is 21.7 Å². The van der Waals surface area contributed by atoms with Gasteiger partial charge in [0, 0.05) is 89.2 Å². The average Bonchev–Trinajstić information content (AvgIpc) is 3.64. The van der Waals surface area contributed by atoms with Gasteiger partial charge in [-0.05, 0) is 35.4 Å². The van der Waals surface area contributed by atoms with E-state index in [0.717, 1.165) is 35.2 Å². The molecular weight excluding hydrogens is 705 g/mol. The fraction of sp³-hybridized carbons (Fsp3) is 0.306. The lowest BCUT2D eigenvalue weighted by Crippen LogP contribution is -2.48. The molecule has 4 aromatic rings. The van der Waals surface area contributed by atoms with Crippen LogP contribution in [0.2, 0.25) is 0 Å². The van der Waals surface area contributed by atoms with E-state index in [9.17, 15) is 28.6 Å². The van der Waals surface area contributed by atoms with Crippen LogP contribution in [0.25, 0.3) is 0 Å². The maximum absolute atomic E-state index is 13.8. The van der Waals surface area contributed by atoms with Crippen molar-refractivity contribution in [2.75, 3.05) is 69.5 Å². The molecule has 7 rings (SSSR count). The third kappa shape index (κ3) is 8.23. The lowest BCUT2D eigenvalue weighted by molar-refractivity contribution is -0.385. The van der Waals surface area contributed by atoms with Gasteiger partial charge in [-0.1, -0.05) is 42.5 Å². The molecular formula is C36H38N8O8S. The number of hydrogen-bond donors (Lipinski definition) is 1. The number of ether oxygens (including phenoxy) is 2. The van der Waals surface area contributed by atoms with E-state index in [1.165, 1.54) is 28.7 Å². The zero-order valence-electron chi connectivity index (χ0n) is 28.7. The summed E-state index contributed by atoms with van der Waals surface area (Å²) < 4.78 is 39.9. The van der Waals surface area contributed by atoms with E-state index in [-0.39, 0.29) is 41.8 Å². The highest BCUT2D eigenvalue weighted by Gasteiger charge is 2.32. The van der Waals surface area contributed by atoms with Crippen LogP contribution in [-0.2, 0) is 23.1 Å². The van der Waals surface area contributed by atoms with Crippen LogP contribution < -0.4 is 19.8 Å². The van der Waals surface area contributed by atoms with Gasteiger partial charge < -0.3 is 14.4 Å². The second-order valence-electron chi connectivity index (χ2n) is 12.9. The van der Waals surface area contributed by atoms with Gasteiger partial charge in [-0.2, -0.15) is 9.41 Å². The quantitative estimate of drug-likeness (QED) is 0.122. The van der Waals surface area contributed by atoms with Gasteiger partial charge in [0.1, 0.15) is 10.6 Å². The maximum atomic E-state index is 13.8. The van der Waals surface area contributed by atoms with Crippen molar-refractivity contribution in [3.8, 4) is 11.5 Å². The summed E-state index contributed by atoms with van der Waals surface area (Å²) in [7, 11) is -4.14. The van der Waals surface area contributed by atoms with E-state index in [1.54, 1.807) is 12.1 Å². The molecule has 2 fully saturated rings. The van der Waals surface area contributed by atoms with Gasteiger partial charge in [0.25, 0.3) is 11.4 Å². The van der Waals surface area contributed by atoms with E-state index < -0.39 is 19.9 Å². The van der Waals surface area contributed by atoms with Crippen LogP contribution in [0.15, 0.2) is 94.9 Å². The lowest BCUT2D eigenvalue weighted by Gasteiger charge is -2.35. The molecule has 3 heterocycles. The number of hydrazone groups is 1. The Morgan fingerprint density at radius 1 is 0.736 bits per heavy atom. The fourth-order valence-electron chi connectivity index (χ4n) is 6.69. The molecule has 0 aromatic heterocycles. The number of benzene rings is 4. The lowest BCUT2D eigenvalue weighted by atomic mass is 10.1. The van der Waals surface area contributed by atoms with E-state index in [0.29, 0.717) is 57.1 Å². The zero-order valence-corrected chi connectivity index (χ0v) is 29.6. The highest BCUT2D eigenvalue weighted by Crippen LogP contribution is 2.34. The molecule has 0 bridgehead atoms. The van der Waals surface area contributed by atoms with Crippen LogP contribution in [0.3, 0.4) is 0 Å². The van der Waals surface area contributed by atoms with Crippen molar-refractivity contribution in [1.29, 1.82) is 0 Å². The normalized spacial score (nSPS) is 16.9. The Labute approximate surface area is 306 Å². The third-order valence-corrected chi connectivity index (χ3v) is 11.5. The summed E-state index contributed by atoms with van der Waals surface area (Å²) in [5.74, 6) is 1.47. The minimum absolute atomic E-state index is 0.0447. The van der Waals surface area contributed by atoms with Gasteiger partial charge in [-0.25, -0.2) is 8.42 Å². The molecule has 3 aliphatic rings. The molecule has 0 atom stereocenters. The molecule has 0 radical (unpaired) electrons. The number of nitrogens with zero attached hydrogens (tertiary/aromatic N) is 7. The Morgan fingerprint density at radius 2 is 1.43 bits per heavy atom. The van der Waals surface area contributed by atoms with Crippen molar-refractivity contribution in [1.82, 2.24) is 14.1 Å². The smallest absolute Gasteiger partial charge is 0.293 e. The molecule has 0 spiro atoms. The monoisotopic (exact) mass is 742 g/mol. The molecule has 17 heteroatoms. The van der Waals surface area contributed by atoms with E-state index >= 15 is 0 Å². The van der Waals surface area contributed by atoms with Gasteiger partial charge in [0.2, 0.25) is 16.8 Å². The van der Waals surface area contributed by atoms with Crippen molar-refractivity contribution in [2.24, 2.45) is 5.10 Å². The van der Waals surface area contributed by atoms with Crippen LogP contribution in [0.4, 0.5) is 22.7 Å². The van der Waals surface area contributed by atoms with E-state index in [2.05, 4.69) is 20.3 Å². The summed E-state index contributed by atoms with van der Waals surface area (Å²) in [5.41, 5.74) is 5.43. The minimum atomic E-state index is -4.14. The van der Waals surface area contributed by atoms with Crippen molar-refractivity contribution < 1.29 is 27.7 Å². The number of nitro groups is 2. The maximum Gasteiger partial charge on any atom is 0.293 e. The van der Waals surface area contributed by atoms with Crippen LogP contribution in [-0.4, -0.2) is 97.7 Å². The molecule has 1 N–H and O–H groups in total. The number of anilines is 2. The highest BCUT2D eigenvalue weighted by molar-refractivity contribution is 7.89. The summed E-state index contributed by atoms with van der Waals surface area (Å²) in [6, 6.07) is 24.1. The van der Waals surface area contributed by atoms with E-state index in [1.807, 2.05) is 53.4 Å². The largest absolute Gasteiger partial charge is 0.454 e. The molecule has 0 saturated carbocycles. The number of hydrogen-bond acceptors (Lipinski definition) is 13. The van der Waals surface area contributed by atoms with Crippen molar-refractivity contribution in [2.45, 2.75) is 18.0 Å². The Morgan fingerprint density at radius 3 is 2.15 bits per heavy atom. The fourth-order valence-corrected chi connectivity index (χ4v) is 8.28. The molecule has 0 amide bonds. The van der Waals surface area contributed by atoms with Crippen LogP contribution in [0, 0.1) is 20.2 Å². The number of piperazine rings is 2. The molecule has 3 aliphatic heterocycles. The van der Waals surface area contributed by atoms with Crippen molar-refractivity contribution in [3.05, 3.63) is 122 Å². The Hall–Kier alpha value is -5.62. The summed E-state index contributed by atoms with van der Waals surface area (Å²) >= 11 is 0. The Bertz CT molecular complexity index is 2120. The van der Waals surface area contributed by atoms with E-state index in [4.69, 9.17) is 9.47 Å². The van der Waals surface area contributed by atoms with Gasteiger partial charge in [-0.15, -0.1) is 0 Å². The van der Waals surface area contributed by atoms with Crippen LogP contribution in [0.5, 0.6) is 11.5 Å². The van der Waals surface area contributed by atoms with Crippen LogP contribution in [0.1, 0.15) is 16.7 Å². The standard InChI is InChI=1S/C36H38N8O8S/c45-43(46)30-8-9-31(36(22-30)53(49,50)42-18-14-40(15-19-42)24-27-4-2-1-3-5-27)38-37-23-28-6-10-32(33(20-28)44(47)48)41-16-12-39(13-17-41)25-29-7-11-34-35(21-29)52-26-51-34/h1-11,20-23,38H,12-19,24-26H2/b37-23-. The SMILES string of the molecule is O=[N+]([O-])c1ccc(N/N=C\c2ccc(N3CCN(Cc4ccc5c(c4)OCO5)CC3)c([N+](=O)[O-])c2)c(S(=O)(=O)N2CCN(Cc3ccccc3)CC2)c1. The topological polar surface area (TPSA) is 176 Å². The van der Waals surface area contributed by atoms with Crippen molar-refractivity contribution >= 4 is 39.0 Å². The molecule has 0 aliphatic carbocycles. The second-order valence-corrected chi connectivity index (χ2v) is 14.8. The first-order valence-corrected chi connectivity index (χ1v) is 18.6. The minimum Gasteiger partial charge on any atom is -0.454 e. The zero-order chi connectivity index (χ0) is 37.0. The van der Waals surface area contributed by atoms with Crippen LogP contribution >= 0.6 is 0 Å². The molecule has 276 valence electrons. The Kier molecular flexibility index (Phi) is 10.5. The van der Waals surface area contributed by atoms with Gasteiger partial charge in [-0.3, -0.25) is 35.5 Å².